The predicted octanol–water partition coefficient (Wildman–Crippen LogP) is 4.57. The van der Waals surface area contributed by atoms with Crippen molar-refractivity contribution in [1.82, 2.24) is 10.2 Å². The Morgan fingerprint density at radius 3 is 2.19 bits per heavy atom. The van der Waals surface area contributed by atoms with E-state index in [1.807, 2.05) is 77.1 Å². The van der Waals surface area contributed by atoms with Crippen molar-refractivity contribution in [3.8, 4) is 0 Å². The number of aryl methyl sites for hydroxylation is 2. The smallest absolute Gasteiger partial charge is 0.243 e. The van der Waals surface area contributed by atoms with Gasteiger partial charge in [0.15, 0.2) is 0 Å². The van der Waals surface area contributed by atoms with Crippen molar-refractivity contribution in [2.45, 2.75) is 78.9 Å². The SMILES string of the molecule is CC[C@H](C(=O)N[C@@H](C)CC)N(Cc1ccccc1)C(=O)CCCN(c1ccc(C)c(C)c1)S(C)(=O)=O. The van der Waals surface area contributed by atoms with Gasteiger partial charge in [0.25, 0.3) is 0 Å². The van der Waals surface area contributed by atoms with Crippen LogP contribution >= 0.6 is 0 Å². The molecule has 0 unspecified atom stereocenters. The lowest BCUT2D eigenvalue weighted by molar-refractivity contribution is -0.141. The van der Waals surface area contributed by atoms with E-state index in [-0.39, 0.29) is 30.8 Å². The maximum Gasteiger partial charge on any atom is 0.243 e. The molecule has 0 fully saturated rings. The lowest BCUT2D eigenvalue weighted by Crippen LogP contribution is -2.50. The number of carbonyl (C=O) groups excluding carboxylic acids is 2. The fourth-order valence-corrected chi connectivity index (χ4v) is 4.98. The third-order valence-corrected chi connectivity index (χ3v) is 7.71. The van der Waals surface area contributed by atoms with Gasteiger partial charge < -0.3 is 10.2 Å². The highest BCUT2D eigenvalue weighted by Crippen LogP contribution is 2.22. The van der Waals surface area contributed by atoms with Crippen molar-refractivity contribution >= 4 is 27.5 Å². The average Bonchev–Trinajstić information content (AvgIpc) is 2.83. The molecular formula is C28H41N3O4S. The normalized spacial score (nSPS) is 13.1. The summed E-state index contributed by atoms with van der Waals surface area (Å²) in [5.74, 6) is -0.331. The maximum atomic E-state index is 13.5. The number of nitrogens with zero attached hydrogens (tertiary/aromatic N) is 2. The summed E-state index contributed by atoms with van der Waals surface area (Å²) in [4.78, 5) is 28.1. The van der Waals surface area contributed by atoms with Gasteiger partial charge in [0.2, 0.25) is 21.8 Å². The summed E-state index contributed by atoms with van der Waals surface area (Å²) in [6.45, 7) is 10.3. The molecule has 2 amide bonds. The third kappa shape index (κ3) is 8.36. The molecule has 1 N–H and O–H groups in total. The maximum absolute atomic E-state index is 13.5. The van der Waals surface area contributed by atoms with Crippen molar-refractivity contribution in [3.05, 3.63) is 65.2 Å². The third-order valence-electron chi connectivity index (χ3n) is 6.51. The zero-order chi connectivity index (χ0) is 26.9. The molecule has 2 atom stereocenters. The quantitative estimate of drug-likeness (QED) is 0.423. The zero-order valence-corrected chi connectivity index (χ0v) is 23.3. The highest BCUT2D eigenvalue weighted by molar-refractivity contribution is 7.92. The van der Waals surface area contributed by atoms with E-state index in [1.165, 1.54) is 10.6 Å². The first-order valence-electron chi connectivity index (χ1n) is 12.7. The molecule has 0 aliphatic carbocycles. The summed E-state index contributed by atoms with van der Waals surface area (Å²) >= 11 is 0. The summed E-state index contributed by atoms with van der Waals surface area (Å²) in [6, 6.07) is 14.6. The Morgan fingerprint density at radius 1 is 0.972 bits per heavy atom. The van der Waals surface area contributed by atoms with Crippen LogP contribution in [0.1, 0.15) is 63.1 Å². The Balaban J connectivity index is 2.21. The minimum absolute atomic E-state index is 0.0153. The molecule has 2 aromatic rings. The molecule has 0 aliphatic rings. The van der Waals surface area contributed by atoms with E-state index in [0.29, 0.717) is 25.1 Å². The number of sulfonamides is 1. The van der Waals surface area contributed by atoms with E-state index in [0.717, 1.165) is 23.1 Å². The van der Waals surface area contributed by atoms with Crippen LogP contribution in [0.5, 0.6) is 0 Å². The van der Waals surface area contributed by atoms with Crippen LogP contribution in [0.4, 0.5) is 5.69 Å². The van der Waals surface area contributed by atoms with Crippen LogP contribution in [0.2, 0.25) is 0 Å². The Hall–Kier alpha value is -2.87. The first-order valence-corrected chi connectivity index (χ1v) is 14.5. The largest absolute Gasteiger partial charge is 0.352 e. The summed E-state index contributed by atoms with van der Waals surface area (Å²) in [5.41, 5.74) is 3.62. The molecule has 0 saturated carbocycles. The van der Waals surface area contributed by atoms with Gasteiger partial charge in [0, 0.05) is 25.6 Å². The van der Waals surface area contributed by atoms with E-state index in [9.17, 15) is 18.0 Å². The molecule has 0 aliphatic heterocycles. The molecule has 0 spiro atoms. The van der Waals surface area contributed by atoms with Gasteiger partial charge in [-0.2, -0.15) is 0 Å². The fraction of sp³-hybridized carbons (Fsp3) is 0.500. The Kier molecular flexibility index (Phi) is 11.0. The number of carbonyl (C=O) groups is 2. The standard InChI is InChI=1S/C28H41N3O4S/c1-7-23(5)29-28(33)26(8-2)30(20-24-13-10-9-11-14-24)27(32)15-12-18-31(36(6,34)35)25-17-16-21(3)22(4)19-25/h9-11,13-14,16-17,19,23,26H,7-8,12,15,18,20H2,1-6H3,(H,29,33)/t23-,26+/m0/s1. The van der Waals surface area contributed by atoms with Gasteiger partial charge in [-0.1, -0.05) is 50.2 Å². The van der Waals surface area contributed by atoms with Gasteiger partial charge in [-0.3, -0.25) is 13.9 Å². The van der Waals surface area contributed by atoms with Crippen LogP contribution in [0.25, 0.3) is 0 Å². The minimum atomic E-state index is -3.52. The summed E-state index contributed by atoms with van der Waals surface area (Å²) in [7, 11) is -3.52. The lowest BCUT2D eigenvalue weighted by Gasteiger charge is -2.32. The van der Waals surface area contributed by atoms with Gasteiger partial charge in [-0.05, 0) is 68.9 Å². The fourth-order valence-electron chi connectivity index (χ4n) is 4.03. The van der Waals surface area contributed by atoms with Crippen molar-refractivity contribution < 1.29 is 18.0 Å². The number of hydrogen-bond acceptors (Lipinski definition) is 4. The molecule has 0 radical (unpaired) electrons. The zero-order valence-electron chi connectivity index (χ0n) is 22.5. The number of amides is 2. The van der Waals surface area contributed by atoms with Gasteiger partial charge in [0.05, 0.1) is 11.9 Å². The van der Waals surface area contributed by atoms with E-state index in [1.54, 1.807) is 11.0 Å². The van der Waals surface area contributed by atoms with Crippen molar-refractivity contribution in [2.24, 2.45) is 0 Å². The molecule has 0 aromatic heterocycles. The molecule has 0 saturated heterocycles. The highest BCUT2D eigenvalue weighted by Gasteiger charge is 2.29. The second-order valence-corrected chi connectivity index (χ2v) is 11.4. The van der Waals surface area contributed by atoms with E-state index in [4.69, 9.17) is 0 Å². The second kappa shape index (κ2) is 13.4. The van der Waals surface area contributed by atoms with E-state index < -0.39 is 16.1 Å². The topological polar surface area (TPSA) is 86.8 Å². The van der Waals surface area contributed by atoms with Crippen molar-refractivity contribution in [3.63, 3.8) is 0 Å². The summed E-state index contributed by atoms with van der Waals surface area (Å²) in [5, 5.41) is 3.01. The summed E-state index contributed by atoms with van der Waals surface area (Å²) in [6.07, 6.45) is 2.94. The van der Waals surface area contributed by atoms with Crippen molar-refractivity contribution in [2.75, 3.05) is 17.1 Å². The molecule has 0 bridgehead atoms. The lowest BCUT2D eigenvalue weighted by atomic mass is 10.1. The molecule has 2 aromatic carbocycles. The predicted molar refractivity (Wildman–Crippen MR) is 146 cm³/mol. The van der Waals surface area contributed by atoms with E-state index >= 15 is 0 Å². The van der Waals surface area contributed by atoms with Crippen LogP contribution in [-0.4, -0.2) is 50.0 Å². The molecule has 0 heterocycles. The van der Waals surface area contributed by atoms with Gasteiger partial charge in [0.1, 0.15) is 6.04 Å². The van der Waals surface area contributed by atoms with Gasteiger partial charge in [-0.15, -0.1) is 0 Å². The number of hydrogen-bond donors (Lipinski definition) is 1. The molecule has 198 valence electrons. The Bertz CT molecular complexity index is 1120. The minimum Gasteiger partial charge on any atom is -0.352 e. The highest BCUT2D eigenvalue weighted by atomic mass is 32.2. The average molecular weight is 516 g/mol. The number of benzene rings is 2. The van der Waals surface area contributed by atoms with E-state index in [2.05, 4.69) is 5.32 Å². The number of rotatable bonds is 13. The molecule has 8 heteroatoms. The monoisotopic (exact) mass is 515 g/mol. The van der Waals surface area contributed by atoms with Crippen LogP contribution < -0.4 is 9.62 Å². The van der Waals surface area contributed by atoms with Crippen molar-refractivity contribution in [1.29, 1.82) is 0 Å². The Labute approximate surface area is 216 Å². The van der Waals surface area contributed by atoms with Crippen LogP contribution in [0, 0.1) is 13.8 Å². The number of nitrogens with one attached hydrogen (secondary N) is 1. The molecular weight excluding hydrogens is 474 g/mol. The van der Waals surface area contributed by atoms with Gasteiger partial charge in [-0.25, -0.2) is 8.42 Å². The summed E-state index contributed by atoms with van der Waals surface area (Å²) < 4.78 is 26.4. The number of anilines is 1. The Morgan fingerprint density at radius 2 is 1.64 bits per heavy atom. The second-order valence-electron chi connectivity index (χ2n) is 9.46. The van der Waals surface area contributed by atoms with Gasteiger partial charge >= 0.3 is 0 Å². The first-order chi connectivity index (χ1) is 17.0. The first kappa shape index (κ1) is 29.4. The van der Waals surface area contributed by atoms with Crippen LogP contribution in [0.3, 0.4) is 0 Å². The van der Waals surface area contributed by atoms with Crippen LogP contribution in [0.15, 0.2) is 48.5 Å². The van der Waals surface area contributed by atoms with Crippen LogP contribution in [-0.2, 0) is 26.2 Å². The molecule has 2 rings (SSSR count). The molecule has 36 heavy (non-hydrogen) atoms. The molecule has 7 nitrogen and oxygen atoms in total.